The Balaban J connectivity index is 1.18. The Morgan fingerprint density at radius 1 is 0.875 bits per heavy atom. The summed E-state index contributed by atoms with van der Waals surface area (Å²) in [5.74, 6) is -0.182. The number of aromatic nitrogens is 5. The fraction of sp³-hybridized carbons (Fsp3) is 0.0833. The Morgan fingerprint density at radius 2 is 1.53 bits per heavy atom. The first-order valence-corrected chi connectivity index (χ1v) is 11.1. The van der Waals surface area contributed by atoms with Gasteiger partial charge >= 0.3 is 0 Å². The molecular weight excluding hydrogens is 420 g/mol. The third-order valence-electron chi connectivity index (χ3n) is 4.94. The molecule has 0 fully saturated rings. The summed E-state index contributed by atoms with van der Waals surface area (Å²) < 4.78 is 3.63. The van der Waals surface area contributed by atoms with Crippen molar-refractivity contribution in [3.8, 4) is 21.9 Å². The molecule has 0 aliphatic rings. The van der Waals surface area contributed by atoms with Gasteiger partial charge in [0.15, 0.2) is 0 Å². The molecule has 1 amide bonds. The molecule has 0 atom stereocenters. The summed E-state index contributed by atoms with van der Waals surface area (Å²) in [5.41, 5.74) is 4.34. The van der Waals surface area contributed by atoms with Crippen molar-refractivity contribution >= 4 is 17.2 Å². The lowest BCUT2D eigenvalue weighted by Crippen LogP contribution is -2.25. The second kappa shape index (κ2) is 8.99. The number of carbonyl (C=O) groups is 1. The summed E-state index contributed by atoms with van der Waals surface area (Å²) in [6.07, 6.45) is 8.18. The summed E-state index contributed by atoms with van der Waals surface area (Å²) >= 11 is 1.43. The minimum Gasteiger partial charge on any atom is -0.350 e. The van der Waals surface area contributed by atoms with Gasteiger partial charge in [0, 0.05) is 29.9 Å². The monoisotopic (exact) mass is 440 g/mol. The molecule has 1 N–H and O–H groups in total. The van der Waals surface area contributed by atoms with Crippen molar-refractivity contribution in [1.29, 1.82) is 0 Å². The van der Waals surface area contributed by atoms with E-state index in [2.05, 4.69) is 20.5 Å². The van der Waals surface area contributed by atoms with Crippen molar-refractivity contribution in [2.24, 2.45) is 0 Å². The van der Waals surface area contributed by atoms with Crippen LogP contribution in [0.15, 0.2) is 90.8 Å². The molecule has 0 bridgehead atoms. The second-order valence-electron chi connectivity index (χ2n) is 7.18. The van der Waals surface area contributed by atoms with E-state index in [1.165, 1.54) is 11.3 Å². The van der Waals surface area contributed by atoms with Crippen LogP contribution in [0, 0.1) is 0 Å². The maximum atomic E-state index is 12.5. The highest BCUT2D eigenvalue weighted by atomic mass is 32.1. The average Bonchev–Trinajstić information content (AvgIpc) is 3.61. The number of para-hydroxylation sites is 2. The second-order valence-corrected chi connectivity index (χ2v) is 8.04. The van der Waals surface area contributed by atoms with Crippen molar-refractivity contribution in [2.45, 2.75) is 6.42 Å². The van der Waals surface area contributed by atoms with Crippen LogP contribution in [0.5, 0.6) is 0 Å². The van der Waals surface area contributed by atoms with Gasteiger partial charge in [0.2, 0.25) is 0 Å². The first-order chi connectivity index (χ1) is 15.8. The molecule has 0 saturated carbocycles. The Hall–Kier alpha value is -4.04. The average molecular weight is 441 g/mol. The van der Waals surface area contributed by atoms with Gasteiger partial charge in [-0.25, -0.2) is 14.3 Å². The van der Waals surface area contributed by atoms with Crippen molar-refractivity contribution in [1.82, 2.24) is 29.9 Å². The molecule has 3 aromatic heterocycles. The van der Waals surface area contributed by atoms with Gasteiger partial charge in [0.05, 0.1) is 23.8 Å². The van der Waals surface area contributed by atoms with Gasteiger partial charge in [-0.3, -0.25) is 4.79 Å². The number of carbonyl (C=O) groups excluding carboxylic acids is 1. The van der Waals surface area contributed by atoms with E-state index in [1.807, 2.05) is 83.9 Å². The normalized spacial score (nSPS) is 10.9. The van der Waals surface area contributed by atoms with Crippen LogP contribution in [-0.4, -0.2) is 37.0 Å². The third kappa shape index (κ3) is 4.35. The predicted molar refractivity (Wildman–Crippen MR) is 124 cm³/mol. The molecule has 7 nitrogen and oxygen atoms in total. The predicted octanol–water partition coefficient (Wildman–Crippen LogP) is 4.15. The Kier molecular flexibility index (Phi) is 5.59. The maximum absolute atomic E-state index is 12.5. The van der Waals surface area contributed by atoms with E-state index in [9.17, 15) is 4.79 Å². The quantitative estimate of drug-likeness (QED) is 0.412. The number of amides is 1. The smallest absolute Gasteiger partial charge is 0.270 e. The zero-order chi connectivity index (χ0) is 21.8. The molecule has 0 unspecified atom stereocenters. The van der Waals surface area contributed by atoms with Crippen LogP contribution in [-0.2, 0) is 6.42 Å². The molecule has 158 valence electrons. The van der Waals surface area contributed by atoms with E-state index >= 15 is 0 Å². The van der Waals surface area contributed by atoms with Crippen LogP contribution < -0.4 is 5.32 Å². The molecule has 8 heteroatoms. The molecule has 0 aliphatic carbocycles. The molecule has 5 aromatic rings. The summed E-state index contributed by atoms with van der Waals surface area (Å²) in [6, 6.07) is 19.8. The molecule has 0 saturated heterocycles. The van der Waals surface area contributed by atoms with Gasteiger partial charge in [0.1, 0.15) is 10.7 Å². The Bertz CT molecular complexity index is 1320. The highest BCUT2D eigenvalue weighted by molar-refractivity contribution is 7.13. The van der Waals surface area contributed by atoms with E-state index in [1.54, 1.807) is 16.3 Å². The van der Waals surface area contributed by atoms with E-state index in [0.717, 1.165) is 27.5 Å². The van der Waals surface area contributed by atoms with Gasteiger partial charge in [-0.05, 0) is 36.2 Å². The largest absolute Gasteiger partial charge is 0.350 e. The molecule has 3 heterocycles. The van der Waals surface area contributed by atoms with Crippen LogP contribution in [0.1, 0.15) is 16.1 Å². The van der Waals surface area contributed by atoms with E-state index in [0.29, 0.717) is 18.7 Å². The van der Waals surface area contributed by atoms with Gasteiger partial charge in [-0.1, -0.05) is 36.4 Å². The van der Waals surface area contributed by atoms with Gasteiger partial charge in [0.25, 0.3) is 5.91 Å². The van der Waals surface area contributed by atoms with Crippen molar-refractivity contribution in [3.05, 3.63) is 102 Å². The van der Waals surface area contributed by atoms with E-state index < -0.39 is 0 Å². The number of thiazole rings is 1. The van der Waals surface area contributed by atoms with Crippen molar-refractivity contribution < 1.29 is 4.79 Å². The number of nitrogens with zero attached hydrogens (tertiary/aromatic N) is 5. The minimum absolute atomic E-state index is 0.182. The molecule has 0 radical (unpaired) electrons. The number of benzene rings is 2. The van der Waals surface area contributed by atoms with E-state index in [4.69, 9.17) is 0 Å². The lowest BCUT2D eigenvalue weighted by molar-refractivity contribution is 0.0950. The molecule has 0 aliphatic heterocycles. The highest BCUT2D eigenvalue weighted by Crippen LogP contribution is 2.24. The van der Waals surface area contributed by atoms with Crippen molar-refractivity contribution in [2.75, 3.05) is 6.54 Å². The van der Waals surface area contributed by atoms with Crippen molar-refractivity contribution in [3.63, 3.8) is 0 Å². The number of rotatable bonds is 7. The zero-order valence-corrected chi connectivity index (χ0v) is 17.9. The Labute approximate surface area is 189 Å². The van der Waals surface area contributed by atoms with Crippen LogP contribution in [0.3, 0.4) is 0 Å². The van der Waals surface area contributed by atoms with Crippen LogP contribution in [0.25, 0.3) is 21.9 Å². The summed E-state index contributed by atoms with van der Waals surface area (Å²) in [4.78, 5) is 17.0. The minimum atomic E-state index is -0.182. The lowest BCUT2D eigenvalue weighted by atomic mass is 10.2. The summed E-state index contributed by atoms with van der Waals surface area (Å²) in [6.45, 7) is 0.512. The van der Waals surface area contributed by atoms with Gasteiger partial charge in [-0.15, -0.1) is 11.3 Å². The van der Waals surface area contributed by atoms with Crippen LogP contribution in [0.2, 0.25) is 0 Å². The fourth-order valence-electron chi connectivity index (χ4n) is 3.29. The molecule has 0 spiro atoms. The standard InChI is InChI=1S/C24H20N6OS/c31-23(25-12-11-18-13-26-29(15-18)20-7-3-1-4-8-20)22-17-32-24(28-22)19-14-27-30(16-19)21-9-5-2-6-10-21/h1-10,13-17H,11-12H2,(H,25,31). The fourth-order valence-corrected chi connectivity index (χ4v) is 4.06. The van der Waals surface area contributed by atoms with Gasteiger partial charge < -0.3 is 5.32 Å². The topological polar surface area (TPSA) is 77.6 Å². The SMILES string of the molecule is O=C(NCCc1cnn(-c2ccccc2)c1)c1csc(-c2cnn(-c3ccccc3)c2)n1. The first-order valence-electron chi connectivity index (χ1n) is 10.2. The Morgan fingerprint density at radius 3 is 2.25 bits per heavy atom. The summed E-state index contributed by atoms with van der Waals surface area (Å²) in [5, 5.41) is 14.3. The third-order valence-corrected chi connectivity index (χ3v) is 5.83. The van der Waals surface area contributed by atoms with Crippen LogP contribution >= 0.6 is 11.3 Å². The molecule has 32 heavy (non-hydrogen) atoms. The number of hydrogen-bond acceptors (Lipinski definition) is 5. The zero-order valence-electron chi connectivity index (χ0n) is 17.1. The van der Waals surface area contributed by atoms with Crippen LogP contribution in [0.4, 0.5) is 0 Å². The van der Waals surface area contributed by atoms with E-state index in [-0.39, 0.29) is 5.91 Å². The van der Waals surface area contributed by atoms with Gasteiger partial charge in [-0.2, -0.15) is 10.2 Å². The maximum Gasteiger partial charge on any atom is 0.270 e. The highest BCUT2D eigenvalue weighted by Gasteiger charge is 2.13. The lowest BCUT2D eigenvalue weighted by Gasteiger charge is -2.02. The number of nitrogens with one attached hydrogen (secondary N) is 1. The molecule has 2 aromatic carbocycles. The first kappa shape index (κ1) is 19.9. The number of hydrogen-bond donors (Lipinski definition) is 1. The molecular formula is C24H20N6OS. The summed E-state index contributed by atoms with van der Waals surface area (Å²) in [7, 11) is 0. The molecule has 5 rings (SSSR count).